The van der Waals surface area contributed by atoms with Crippen LogP contribution in [0.4, 0.5) is 23.0 Å². The van der Waals surface area contributed by atoms with Gasteiger partial charge < -0.3 is 11.5 Å². The Morgan fingerprint density at radius 3 is 2.62 bits per heavy atom. The lowest BCUT2D eigenvalue weighted by molar-refractivity contribution is 1.20. The van der Waals surface area contributed by atoms with Crippen LogP contribution in [0, 0.1) is 6.07 Å². The maximum atomic E-state index is 5.63. The van der Waals surface area contributed by atoms with E-state index in [1.165, 1.54) is 0 Å². The van der Waals surface area contributed by atoms with E-state index in [0.29, 0.717) is 17.2 Å². The molecule has 79 valence electrons. The van der Waals surface area contributed by atoms with Gasteiger partial charge in [0.25, 0.3) is 0 Å². The van der Waals surface area contributed by atoms with Crippen molar-refractivity contribution in [2.75, 3.05) is 11.5 Å². The van der Waals surface area contributed by atoms with E-state index in [-0.39, 0.29) is 5.82 Å². The van der Waals surface area contributed by atoms with Gasteiger partial charge in [-0.15, -0.1) is 10.2 Å². The van der Waals surface area contributed by atoms with Crippen LogP contribution < -0.4 is 11.5 Å². The normalized spacial score (nSPS) is 10.8. The third kappa shape index (κ3) is 2.33. The van der Waals surface area contributed by atoms with E-state index in [9.17, 15) is 0 Å². The molecule has 0 aliphatic carbocycles. The van der Waals surface area contributed by atoms with E-state index in [0.717, 1.165) is 0 Å². The van der Waals surface area contributed by atoms with E-state index in [1.807, 2.05) is 12.1 Å². The van der Waals surface area contributed by atoms with Gasteiger partial charge in [0.1, 0.15) is 11.5 Å². The van der Waals surface area contributed by atoms with Crippen molar-refractivity contribution in [1.82, 2.24) is 4.98 Å². The highest BCUT2D eigenvalue weighted by Gasteiger charge is 1.98. The van der Waals surface area contributed by atoms with Gasteiger partial charge in [0, 0.05) is 6.07 Å². The molecule has 0 unspecified atom stereocenters. The fourth-order valence-electron chi connectivity index (χ4n) is 1.12. The summed E-state index contributed by atoms with van der Waals surface area (Å²) in [4.78, 5) is 3.88. The highest BCUT2D eigenvalue weighted by Crippen LogP contribution is 2.23. The average molecular weight is 212 g/mol. The molecule has 1 radical (unpaired) electrons. The van der Waals surface area contributed by atoms with Gasteiger partial charge in [-0.3, -0.25) is 0 Å². The zero-order valence-corrected chi connectivity index (χ0v) is 8.46. The quantitative estimate of drug-likeness (QED) is 0.749. The zero-order chi connectivity index (χ0) is 11.4. The van der Waals surface area contributed by atoms with Crippen molar-refractivity contribution in [3.63, 3.8) is 0 Å². The third-order valence-electron chi connectivity index (χ3n) is 1.88. The topological polar surface area (TPSA) is 89.6 Å². The summed E-state index contributed by atoms with van der Waals surface area (Å²) in [7, 11) is 0. The van der Waals surface area contributed by atoms with Crippen molar-refractivity contribution in [3.8, 4) is 0 Å². The Labute approximate surface area is 92.8 Å². The predicted octanol–water partition coefficient (Wildman–Crippen LogP) is 2.46. The number of nitrogens with zero attached hydrogens (tertiary/aromatic N) is 3. The molecule has 0 aliphatic rings. The molecular weight excluding hydrogens is 202 g/mol. The van der Waals surface area contributed by atoms with Gasteiger partial charge in [-0.25, -0.2) is 4.98 Å². The summed E-state index contributed by atoms with van der Waals surface area (Å²) >= 11 is 0. The van der Waals surface area contributed by atoms with E-state index in [2.05, 4.69) is 21.3 Å². The molecule has 0 fully saturated rings. The molecule has 0 saturated heterocycles. The van der Waals surface area contributed by atoms with Crippen LogP contribution >= 0.6 is 0 Å². The van der Waals surface area contributed by atoms with Crippen LogP contribution in [0.3, 0.4) is 0 Å². The molecule has 0 amide bonds. The smallest absolute Gasteiger partial charge is 0.153 e. The van der Waals surface area contributed by atoms with Crippen LogP contribution in [-0.4, -0.2) is 4.98 Å². The monoisotopic (exact) mass is 212 g/mol. The summed E-state index contributed by atoms with van der Waals surface area (Å²) in [6.45, 7) is 0. The number of hydrogen-bond acceptors (Lipinski definition) is 5. The third-order valence-corrected chi connectivity index (χ3v) is 1.88. The number of hydrogen-bond donors (Lipinski definition) is 2. The molecule has 1 aromatic heterocycles. The first-order valence-electron chi connectivity index (χ1n) is 4.66. The first-order valence-corrected chi connectivity index (χ1v) is 4.66. The van der Waals surface area contributed by atoms with Crippen LogP contribution in [-0.2, 0) is 0 Å². The Morgan fingerprint density at radius 1 is 1.06 bits per heavy atom. The summed E-state index contributed by atoms with van der Waals surface area (Å²) in [5.41, 5.74) is 12.2. The maximum absolute atomic E-state index is 5.63. The van der Waals surface area contributed by atoms with Crippen molar-refractivity contribution >= 4 is 23.0 Å². The van der Waals surface area contributed by atoms with Gasteiger partial charge in [-0.05, 0) is 18.2 Å². The second kappa shape index (κ2) is 4.39. The van der Waals surface area contributed by atoms with Crippen LogP contribution in [0.2, 0.25) is 0 Å². The van der Waals surface area contributed by atoms with Gasteiger partial charge in [-0.1, -0.05) is 18.2 Å². The zero-order valence-electron chi connectivity index (χ0n) is 8.46. The minimum absolute atomic E-state index is 0.264. The lowest BCUT2D eigenvalue weighted by Crippen LogP contribution is -1.95. The minimum Gasteiger partial charge on any atom is -0.384 e. The molecule has 2 aromatic rings. The van der Waals surface area contributed by atoms with E-state index >= 15 is 0 Å². The van der Waals surface area contributed by atoms with Crippen LogP contribution in [0.5, 0.6) is 0 Å². The number of nitrogens with two attached hydrogens (primary N) is 2. The summed E-state index contributed by atoms with van der Waals surface area (Å²) in [5.74, 6) is 0.627. The number of anilines is 2. The van der Waals surface area contributed by atoms with Crippen molar-refractivity contribution < 1.29 is 0 Å². The molecule has 0 saturated carbocycles. The molecule has 2 rings (SSSR count). The summed E-state index contributed by atoms with van der Waals surface area (Å²) in [6, 6.07) is 13.5. The Kier molecular flexibility index (Phi) is 2.77. The molecule has 4 N–H and O–H groups in total. The highest BCUT2D eigenvalue weighted by atomic mass is 15.1. The summed E-state index contributed by atoms with van der Waals surface area (Å²) in [5, 5.41) is 7.94. The molecule has 0 aliphatic heterocycles. The number of aromatic nitrogens is 1. The number of benzene rings is 1. The number of azo groups is 1. The Hall–Kier alpha value is -2.43. The summed E-state index contributed by atoms with van der Waals surface area (Å²) in [6.07, 6.45) is 0. The van der Waals surface area contributed by atoms with Gasteiger partial charge in [0.15, 0.2) is 5.82 Å². The lowest BCUT2D eigenvalue weighted by atomic mass is 10.3. The van der Waals surface area contributed by atoms with Crippen molar-refractivity contribution in [1.29, 1.82) is 0 Å². The number of nitrogen functional groups attached to an aromatic ring is 2. The average Bonchev–Trinajstić information content (AvgIpc) is 2.29. The lowest BCUT2D eigenvalue weighted by Gasteiger charge is -1.98. The van der Waals surface area contributed by atoms with Gasteiger partial charge in [0.05, 0.1) is 5.69 Å². The Bertz CT molecular complexity index is 507. The summed E-state index contributed by atoms with van der Waals surface area (Å²) < 4.78 is 0. The molecule has 1 aromatic carbocycles. The molecule has 16 heavy (non-hydrogen) atoms. The van der Waals surface area contributed by atoms with Crippen molar-refractivity contribution in [3.05, 3.63) is 42.5 Å². The molecule has 0 atom stereocenters. The van der Waals surface area contributed by atoms with E-state index < -0.39 is 0 Å². The standard InChI is InChI=1S/C11H10N5/c12-10-7-6-9(11(13)14-10)16-15-8-4-2-1-3-5-8/h1-4,6-7H,(H4,12,13,14)/b16-15+. The van der Waals surface area contributed by atoms with Gasteiger partial charge in [-0.2, -0.15) is 0 Å². The Balaban J connectivity index is 2.24. The van der Waals surface area contributed by atoms with Crippen LogP contribution in [0.15, 0.2) is 46.6 Å². The van der Waals surface area contributed by atoms with Crippen LogP contribution in [0.1, 0.15) is 0 Å². The number of pyridine rings is 1. The highest BCUT2D eigenvalue weighted by molar-refractivity contribution is 5.60. The number of rotatable bonds is 2. The SMILES string of the molecule is Nc1ccc(/N=N/c2[c]cccc2)c(N)n1. The molecule has 5 heteroatoms. The molecule has 0 spiro atoms. The largest absolute Gasteiger partial charge is 0.384 e. The molecule has 1 heterocycles. The van der Waals surface area contributed by atoms with E-state index in [1.54, 1.807) is 24.3 Å². The maximum Gasteiger partial charge on any atom is 0.153 e. The van der Waals surface area contributed by atoms with Gasteiger partial charge >= 0.3 is 0 Å². The van der Waals surface area contributed by atoms with E-state index in [4.69, 9.17) is 11.5 Å². The Morgan fingerprint density at radius 2 is 1.94 bits per heavy atom. The first-order chi connectivity index (χ1) is 7.75. The van der Waals surface area contributed by atoms with Crippen LogP contribution in [0.25, 0.3) is 0 Å². The fourth-order valence-corrected chi connectivity index (χ4v) is 1.12. The van der Waals surface area contributed by atoms with Crippen molar-refractivity contribution in [2.45, 2.75) is 0 Å². The second-order valence-corrected chi connectivity index (χ2v) is 3.09. The predicted molar refractivity (Wildman–Crippen MR) is 62.5 cm³/mol. The second-order valence-electron chi connectivity index (χ2n) is 3.09. The fraction of sp³-hybridized carbons (Fsp3) is 0. The van der Waals surface area contributed by atoms with Gasteiger partial charge in [0.2, 0.25) is 0 Å². The molecule has 0 bridgehead atoms. The molecule has 5 nitrogen and oxygen atoms in total. The first kappa shape index (κ1) is 10.1. The molecular formula is C11H10N5. The minimum atomic E-state index is 0.264. The van der Waals surface area contributed by atoms with Crippen molar-refractivity contribution in [2.24, 2.45) is 10.2 Å².